The molecule has 178 valence electrons. The first-order chi connectivity index (χ1) is 18.8. The van der Waals surface area contributed by atoms with Gasteiger partial charge in [-0.2, -0.15) is 0 Å². The molecule has 7 rings (SSSR count). The highest BCUT2D eigenvalue weighted by Gasteiger charge is 2.16. The van der Waals surface area contributed by atoms with Crippen LogP contribution < -0.4 is 0 Å². The van der Waals surface area contributed by atoms with Gasteiger partial charge in [-0.1, -0.05) is 146 Å². The molecule has 0 nitrogen and oxygen atoms in total. The van der Waals surface area contributed by atoms with Gasteiger partial charge in [0.05, 0.1) is 0 Å². The topological polar surface area (TPSA) is 0 Å². The maximum Gasteiger partial charge on any atom is -0.00262 e. The van der Waals surface area contributed by atoms with Crippen molar-refractivity contribution in [3.05, 3.63) is 157 Å². The molecule has 0 unspecified atom stereocenters. The summed E-state index contributed by atoms with van der Waals surface area (Å²) in [5, 5.41) is 7.64. The highest BCUT2D eigenvalue weighted by atomic mass is 14.2. The Balaban J connectivity index is 1.47. The minimum Gasteiger partial charge on any atom is -0.0622 e. The maximum atomic E-state index is 2.33. The zero-order valence-electron chi connectivity index (χ0n) is 21.0. The molecule has 0 atom stereocenters. The summed E-state index contributed by atoms with van der Waals surface area (Å²) >= 11 is 0. The average molecular weight is 483 g/mol. The van der Waals surface area contributed by atoms with Crippen molar-refractivity contribution in [1.82, 2.24) is 0 Å². The molecule has 7 aromatic carbocycles. The van der Waals surface area contributed by atoms with Gasteiger partial charge >= 0.3 is 0 Å². The van der Waals surface area contributed by atoms with E-state index >= 15 is 0 Å². The molecule has 0 N–H and O–H groups in total. The standard InChI is InChI=1S/C38H26/c1-2-11-27(12-3-1)21-22-28-13-10-16-31(25-28)37-33-17-6-8-19-35(33)38(36-20-9-7-18-34(36)37)32-24-23-29-14-4-5-15-30(29)26-32/h1-26H/b22-21+. The summed E-state index contributed by atoms with van der Waals surface area (Å²) in [6.45, 7) is 0. The molecular weight excluding hydrogens is 456 g/mol. The van der Waals surface area contributed by atoms with Crippen LogP contribution in [0.25, 0.3) is 66.7 Å². The van der Waals surface area contributed by atoms with Crippen LogP contribution >= 0.6 is 0 Å². The van der Waals surface area contributed by atoms with Gasteiger partial charge in [-0.15, -0.1) is 0 Å². The van der Waals surface area contributed by atoms with Gasteiger partial charge in [0, 0.05) is 0 Å². The number of hydrogen-bond donors (Lipinski definition) is 0. The van der Waals surface area contributed by atoms with Gasteiger partial charge in [0.15, 0.2) is 0 Å². The number of rotatable bonds is 4. The third-order valence-corrected chi connectivity index (χ3v) is 7.41. The van der Waals surface area contributed by atoms with E-state index in [1.165, 1.54) is 65.7 Å². The van der Waals surface area contributed by atoms with Gasteiger partial charge in [0.25, 0.3) is 0 Å². The van der Waals surface area contributed by atoms with Crippen LogP contribution in [0.2, 0.25) is 0 Å². The van der Waals surface area contributed by atoms with Crippen molar-refractivity contribution in [3.8, 4) is 22.3 Å². The SMILES string of the molecule is C(=C\c1cccc(-c2c3ccccc3c(-c3ccc4ccccc4c3)c3ccccc23)c1)/c1ccccc1. The second-order valence-electron chi connectivity index (χ2n) is 9.77. The predicted molar refractivity (Wildman–Crippen MR) is 165 cm³/mol. The van der Waals surface area contributed by atoms with Gasteiger partial charge < -0.3 is 0 Å². The van der Waals surface area contributed by atoms with Gasteiger partial charge in [-0.3, -0.25) is 0 Å². The van der Waals surface area contributed by atoms with E-state index in [9.17, 15) is 0 Å². The third kappa shape index (κ3) is 3.97. The summed E-state index contributed by atoms with van der Waals surface area (Å²) in [7, 11) is 0. The zero-order valence-corrected chi connectivity index (χ0v) is 21.0. The van der Waals surface area contributed by atoms with E-state index < -0.39 is 0 Å². The lowest BCUT2D eigenvalue weighted by Gasteiger charge is -2.18. The van der Waals surface area contributed by atoms with E-state index in [-0.39, 0.29) is 0 Å². The minimum absolute atomic E-state index is 1.19. The maximum absolute atomic E-state index is 2.33. The molecule has 0 saturated heterocycles. The highest BCUT2D eigenvalue weighted by Crippen LogP contribution is 2.44. The van der Waals surface area contributed by atoms with Crippen molar-refractivity contribution >= 4 is 44.5 Å². The van der Waals surface area contributed by atoms with Gasteiger partial charge in [0.1, 0.15) is 0 Å². The first-order valence-corrected chi connectivity index (χ1v) is 13.1. The predicted octanol–water partition coefficient (Wildman–Crippen LogP) is 10.7. The van der Waals surface area contributed by atoms with E-state index in [0.717, 1.165) is 0 Å². The Labute approximate surface area is 223 Å². The Morgan fingerprint density at radius 1 is 0.316 bits per heavy atom. The van der Waals surface area contributed by atoms with Crippen LogP contribution in [-0.4, -0.2) is 0 Å². The lowest BCUT2D eigenvalue weighted by atomic mass is 9.85. The molecule has 0 bridgehead atoms. The van der Waals surface area contributed by atoms with Crippen molar-refractivity contribution in [3.63, 3.8) is 0 Å². The quantitative estimate of drug-likeness (QED) is 0.173. The van der Waals surface area contributed by atoms with Crippen molar-refractivity contribution in [2.75, 3.05) is 0 Å². The summed E-state index contributed by atoms with van der Waals surface area (Å²) in [4.78, 5) is 0. The Bertz CT molecular complexity index is 1900. The molecule has 0 fully saturated rings. The Kier molecular flexibility index (Phi) is 5.57. The first-order valence-electron chi connectivity index (χ1n) is 13.1. The fourth-order valence-corrected chi connectivity index (χ4v) is 5.65. The smallest absolute Gasteiger partial charge is 0.00262 e. The summed E-state index contributed by atoms with van der Waals surface area (Å²) < 4.78 is 0. The van der Waals surface area contributed by atoms with Crippen LogP contribution in [0.4, 0.5) is 0 Å². The Morgan fingerprint density at radius 3 is 1.47 bits per heavy atom. The largest absolute Gasteiger partial charge is 0.0622 e. The van der Waals surface area contributed by atoms with Crippen molar-refractivity contribution in [1.29, 1.82) is 0 Å². The molecule has 0 amide bonds. The fourth-order valence-electron chi connectivity index (χ4n) is 5.65. The van der Waals surface area contributed by atoms with E-state index in [4.69, 9.17) is 0 Å². The van der Waals surface area contributed by atoms with Crippen molar-refractivity contribution in [2.24, 2.45) is 0 Å². The van der Waals surface area contributed by atoms with Crippen molar-refractivity contribution in [2.45, 2.75) is 0 Å². The average Bonchev–Trinajstić information content (AvgIpc) is 2.99. The molecule has 0 aliphatic carbocycles. The fraction of sp³-hybridized carbons (Fsp3) is 0. The summed E-state index contributed by atoms with van der Waals surface area (Å²) in [6.07, 6.45) is 4.38. The molecule has 7 aromatic rings. The van der Waals surface area contributed by atoms with E-state index in [1.54, 1.807) is 0 Å². The van der Waals surface area contributed by atoms with Crippen molar-refractivity contribution < 1.29 is 0 Å². The van der Waals surface area contributed by atoms with Crippen LogP contribution in [0.15, 0.2) is 146 Å². The molecule has 0 saturated carbocycles. The summed E-state index contributed by atoms with van der Waals surface area (Å²) in [6, 6.07) is 52.5. The van der Waals surface area contributed by atoms with Crippen LogP contribution in [0, 0.1) is 0 Å². The molecule has 0 aromatic heterocycles. The molecular formula is C38H26. The lowest BCUT2D eigenvalue weighted by molar-refractivity contribution is 1.63. The molecule has 0 heteroatoms. The third-order valence-electron chi connectivity index (χ3n) is 7.41. The Hall–Kier alpha value is -4.94. The normalized spacial score (nSPS) is 11.6. The monoisotopic (exact) mass is 482 g/mol. The minimum atomic E-state index is 1.19. The van der Waals surface area contributed by atoms with Gasteiger partial charge in [-0.05, 0) is 77.8 Å². The van der Waals surface area contributed by atoms with E-state index in [1.807, 2.05) is 0 Å². The van der Waals surface area contributed by atoms with Gasteiger partial charge in [0.2, 0.25) is 0 Å². The van der Waals surface area contributed by atoms with Gasteiger partial charge in [-0.25, -0.2) is 0 Å². The second kappa shape index (κ2) is 9.50. The van der Waals surface area contributed by atoms with Crippen LogP contribution in [0.5, 0.6) is 0 Å². The molecule has 0 heterocycles. The summed E-state index contributed by atoms with van der Waals surface area (Å²) in [5.41, 5.74) is 7.47. The number of fused-ring (bicyclic) bond motifs is 3. The molecule has 38 heavy (non-hydrogen) atoms. The number of hydrogen-bond acceptors (Lipinski definition) is 0. The van der Waals surface area contributed by atoms with E-state index in [2.05, 4.69) is 158 Å². The molecule has 0 spiro atoms. The number of benzene rings is 7. The Morgan fingerprint density at radius 2 is 0.816 bits per heavy atom. The highest BCUT2D eigenvalue weighted by molar-refractivity contribution is 6.21. The van der Waals surface area contributed by atoms with Crippen LogP contribution in [-0.2, 0) is 0 Å². The van der Waals surface area contributed by atoms with E-state index in [0.29, 0.717) is 0 Å². The molecule has 0 radical (unpaired) electrons. The second-order valence-corrected chi connectivity index (χ2v) is 9.77. The van der Waals surface area contributed by atoms with Crippen LogP contribution in [0.3, 0.4) is 0 Å². The zero-order chi connectivity index (χ0) is 25.3. The molecule has 0 aliphatic heterocycles. The van der Waals surface area contributed by atoms with Crippen LogP contribution in [0.1, 0.15) is 11.1 Å². The molecule has 0 aliphatic rings. The summed E-state index contributed by atoms with van der Waals surface area (Å²) in [5.74, 6) is 0. The lowest BCUT2D eigenvalue weighted by Crippen LogP contribution is -1.91. The first kappa shape index (κ1) is 22.3.